The zero-order chi connectivity index (χ0) is 17.1. The summed E-state index contributed by atoms with van der Waals surface area (Å²) in [5, 5.41) is 0. The molecule has 24 heavy (non-hydrogen) atoms. The van der Waals surface area contributed by atoms with Crippen molar-refractivity contribution in [3.05, 3.63) is 35.6 Å². The van der Waals surface area contributed by atoms with Crippen LogP contribution in [-0.2, 0) is 11.2 Å². The molecule has 5 nitrogen and oxygen atoms in total. The fraction of sp³-hybridized carbons (Fsp3) is 0.556. The van der Waals surface area contributed by atoms with Crippen LogP contribution >= 0.6 is 0 Å². The zero-order valence-electron chi connectivity index (χ0n) is 14.1. The van der Waals surface area contributed by atoms with Crippen LogP contribution in [0.4, 0.5) is 9.18 Å². The third-order valence-electron chi connectivity index (χ3n) is 4.94. The van der Waals surface area contributed by atoms with E-state index in [9.17, 15) is 14.0 Å². The smallest absolute Gasteiger partial charge is 0.320 e. The quantitative estimate of drug-likeness (QED) is 0.846. The van der Waals surface area contributed by atoms with Gasteiger partial charge in [-0.25, -0.2) is 9.18 Å². The molecule has 0 aromatic heterocycles. The molecule has 0 spiro atoms. The van der Waals surface area contributed by atoms with Gasteiger partial charge in [0.15, 0.2) is 0 Å². The van der Waals surface area contributed by atoms with Crippen LogP contribution in [0.5, 0.6) is 0 Å². The van der Waals surface area contributed by atoms with Gasteiger partial charge in [-0.2, -0.15) is 0 Å². The molecule has 2 aliphatic rings. The number of rotatable bonds is 4. The van der Waals surface area contributed by atoms with Crippen molar-refractivity contribution in [2.75, 3.05) is 39.8 Å². The summed E-state index contributed by atoms with van der Waals surface area (Å²) in [7, 11) is 1.76. The summed E-state index contributed by atoms with van der Waals surface area (Å²) in [6.07, 6.45) is 2.91. The number of nitrogens with zero attached hydrogens (tertiary/aromatic N) is 3. The monoisotopic (exact) mass is 333 g/mol. The molecule has 0 unspecified atom stereocenters. The number of hydrogen-bond donors (Lipinski definition) is 0. The summed E-state index contributed by atoms with van der Waals surface area (Å²) in [4.78, 5) is 29.6. The highest BCUT2D eigenvalue weighted by Crippen LogP contribution is 2.21. The lowest BCUT2D eigenvalue weighted by Gasteiger charge is -2.34. The molecule has 3 amide bonds. The lowest BCUT2D eigenvalue weighted by molar-refractivity contribution is -0.133. The molecule has 0 saturated carbocycles. The van der Waals surface area contributed by atoms with Gasteiger partial charge < -0.3 is 14.7 Å². The van der Waals surface area contributed by atoms with Crippen molar-refractivity contribution in [1.29, 1.82) is 0 Å². The summed E-state index contributed by atoms with van der Waals surface area (Å²) in [5.41, 5.74) is 1.10. The van der Waals surface area contributed by atoms with Crippen LogP contribution < -0.4 is 0 Å². The third-order valence-corrected chi connectivity index (χ3v) is 4.94. The number of likely N-dealkylation sites (tertiary alicyclic amines) is 1. The fourth-order valence-corrected chi connectivity index (χ4v) is 3.53. The first-order chi connectivity index (χ1) is 11.5. The Bertz CT molecular complexity index is 605. The highest BCUT2D eigenvalue weighted by molar-refractivity contribution is 5.85. The predicted octanol–water partition coefficient (Wildman–Crippen LogP) is 1.97. The van der Waals surface area contributed by atoms with Crippen molar-refractivity contribution in [3.8, 4) is 0 Å². The number of amides is 3. The van der Waals surface area contributed by atoms with Gasteiger partial charge in [0.1, 0.15) is 12.4 Å². The first-order valence-electron chi connectivity index (χ1n) is 8.55. The first-order valence-corrected chi connectivity index (χ1v) is 8.55. The second kappa shape index (κ2) is 7.20. The number of halogens is 1. The predicted molar refractivity (Wildman–Crippen MR) is 89.0 cm³/mol. The maximum Gasteiger partial charge on any atom is 0.320 e. The van der Waals surface area contributed by atoms with Gasteiger partial charge in [-0.1, -0.05) is 12.1 Å². The molecule has 0 aliphatic carbocycles. The lowest BCUT2D eigenvalue weighted by atomic mass is 9.91. The standard InChI is InChI=1S/C18H24FN3O2/c1-20-9-10-22(18(20)24)13-17(23)21-8-2-3-15(12-21)11-14-4-6-16(19)7-5-14/h4-7,15H,2-3,8-13H2,1H3/t15-/m1/s1. The van der Waals surface area contributed by atoms with E-state index < -0.39 is 0 Å². The van der Waals surface area contributed by atoms with Crippen LogP contribution in [0, 0.1) is 11.7 Å². The van der Waals surface area contributed by atoms with E-state index in [2.05, 4.69) is 0 Å². The summed E-state index contributed by atoms with van der Waals surface area (Å²) in [6, 6.07) is 6.53. The van der Waals surface area contributed by atoms with E-state index >= 15 is 0 Å². The fourth-order valence-electron chi connectivity index (χ4n) is 3.53. The number of carbonyl (C=O) groups excluding carboxylic acids is 2. The maximum atomic E-state index is 13.0. The van der Waals surface area contributed by atoms with E-state index in [1.807, 2.05) is 17.0 Å². The zero-order valence-corrected chi connectivity index (χ0v) is 14.1. The van der Waals surface area contributed by atoms with Gasteiger partial charge in [-0.3, -0.25) is 4.79 Å². The minimum atomic E-state index is -0.223. The van der Waals surface area contributed by atoms with Crippen molar-refractivity contribution in [2.45, 2.75) is 19.3 Å². The number of urea groups is 1. The Hall–Kier alpha value is -2.11. The minimum Gasteiger partial charge on any atom is -0.341 e. The molecule has 2 saturated heterocycles. The highest BCUT2D eigenvalue weighted by atomic mass is 19.1. The average Bonchev–Trinajstić information content (AvgIpc) is 2.89. The SMILES string of the molecule is CN1CCN(CC(=O)N2CCC[C@H](Cc3ccc(F)cc3)C2)C1=O. The molecule has 3 rings (SSSR count). The molecule has 130 valence electrons. The molecular formula is C18H24FN3O2. The molecule has 2 fully saturated rings. The van der Waals surface area contributed by atoms with Crippen LogP contribution in [0.25, 0.3) is 0 Å². The topological polar surface area (TPSA) is 43.9 Å². The Labute approximate surface area is 142 Å². The third kappa shape index (κ3) is 3.86. The highest BCUT2D eigenvalue weighted by Gasteiger charge is 2.30. The summed E-state index contributed by atoms with van der Waals surface area (Å²) in [5.74, 6) is 0.201. The van der Waals surface area contributed by atoms with E-state index in [4.69, 9.17) is 0 Å². The van der Waals surface area contributed by atoms with Gasteiger partial charge in [0.05, 0.1) is 0 Å². The van der Waals surface area contributed by atoms with Crippen molar-refractivity contribution in [1.82, 2.24) is 14.7 Å². The van der Waals surface area contributed by atoms with Gasteiger partial charge in [-0.05, 0) is 42.9 Å². The normalized spacial score (nSPS) is 21.5. The van der Waals surface area contributed by atoms with Crippen molar-refractivity contribution in [2.24, 2.45) is 5.92 Å². The number of piperidine rings is 1. The van der Waals surface area contributed by atoms with Gasteiger partial charge in [0.2, 0.25) is 5.91 Å². The van der Waals surface area contributed by atoms with Crippen molar-refractivity contribution in [3.63, 3.8) is 0 Å². The second-order valence-corrected chi connectivity index (χ2v) is 6.80. The Morgan fingerprint density at radius 2 is 1.96 bits per heavy atom. The number of carbonyl (C=O) groups is 2. The Balaban J connectivity index is 1.54. The number of benzene rings is 1. The molecule has 0 bridgehead atoms. The van der Waals surface area contributed by atoms with Gasteiger partial charge in [0.25, 0.3) is 0 Å². The van der Waals surface area contributed by atoms with Crippen molar-refractivity contribution >= 4 is 11.9 Å². The van der Waals surface area contributed by atoms with Crippen LogP contribution in [0.3, 0.4) is 0 Å². The number of likely N-dealkylation sites (N-methyl/N-ethyl adjacent to an activating group) is 1. The molecule has 2 aliphatic heterocycles. The van der Waals surface area contributed by atoms with E-state index in [1.165, 1.54) is 12.1 Å². The van der Waals surface area contributed by atoms with Crippen molar-refractivity contribution < 1.29 is 14.0 Å². The molecular weight excluding hydrogens is 309 g/mol. The molecule has 1 aromatic carbocycles. The molecule has 1 aromatic rings. The first kappa shape index (κ1) is 16.7. The Morgan fingerprint density at radius 1 is 1.21 bits per heavy atom. The molecule has 6 heteroatoms. The van der Waals surface area contributed by atoms with E-state index in [-0.39, 0.29) is 24.3 Å². The number of hydrogen-bond acceptors (Lipinski definition) is 2. The molecule has 0 radical (unpaired) electrons. The van der Waals surface area contributed by atoms with Crippen LogP contribution in [0.15, 0.2) is 24.3 Å². The Kier molecular flexibility index (Phi) is 5.02. The van der Waals surface area contributed by atoms with Crippen LogP contribution in [-0.4, -0.2) is 66.4 Å². The van der Waals surface area contributed by atoms with E-state index in [0.717, 1.165) is 31.4 Å². The second-order valence-electron chi connectivity index (χ2n) is 6.80. The molecule has 0 N–H and O–H groups in total. The largest absolute Gasteiger partial charge is 0.341 e. The summed E-state index contributed by atoms with van der Waals surface area (Å²) in [6.45, 7) is 2.95. The lowest BCUT2D eigenvalue weighted by Crippen LogP contribution is -2.46. The summed E-state index contributed by atoms with van der Waals surface area (Å²) >= 11 is 0. The Morgan fingerprint density at radius 3 is 2.62 bits per heavy atom. The molecule has 2 heterocycles. The maximum absolute atomic E-state index is 13.0. The van der Waals surface area contributed by atoms with Gasteiger partial charge in [-0.15, -0.1) is 0 Å². The summed E-state index contributed by atoms with van der Waals surface area (Å²) < 4.78 is 13.0. The van der Waals surface area contributed by atoms with E-state index in [0.29, 0.717) is 25.6 Å². The van der Waals surface area contributed by atoms with Crippen LogP contribution in [0.2, 0.25) is 0 Å². The molecule has 1 atom stereocenters. The van der Waals surface area contributed by atoms with Crippen LogP contribution in [0.1, 0.15) is 18.4 Å². The van der Waals surface area contributed by atoms with Gasteiger partial charge >= 0.3 is 6.03 Å². The minimum absolute atomic E-state index is 0.0301. The van der Waals surface area contributed by atoms with E-state index in [1.54, 1.807) is 16.8 Å². The average molecular weight is 333 g/mol. The van der Waals surface area contributed by atoms with Gasteiger partial charge in [0, 0.05) is 33.2 Å².